The van der Waals surface area contributed by atoms with E-state index in [1.54, 1.807) is 55.5 Å². The zero-order valence-electron chi connectivity index (χ0n) is 17.2. The van der Waals surface area contributed by atoms with Gasteiger partial charge in [-0.25, -0.2) is 4.98 Å². The molecule has 0 bridgehead atoms. The van der Waals surface area contributed by atoms with Crippen LogP contribution in [0.3, 0.4) is 0 Å². The second-order valence-corrected chi connectivity index (χ2v) is 7.49. The number of Topliss-reactive ketones (excluding diaryl/α,β-unsaturated/α-hetero) is 1. The van der Waals surface area contributed by atoms with E-state index in [-0.39, 0.29) is 30.9 Å². The minimum atomic E-state index is -0.423. The van der Waals surface area contributed by atoms with E-state index in [1.807, 2.05) is 0 Å². The number of aliphatic hydroxyl groups is 1. The molecule has 1 amide bonds. The molecular weight excluding hydrogens is 418 g/mol. The van der Waals surface area contributed by atoms with E-state index in [0.717, 1.165) is 0 Å². The zero-order valence-corrected chi connectivity index (χ0v) is 17.9. The summed E-state index contributed by atoms with van der Waals surface area (Å²) in [6.45, 7) is 2.70. The molecule has 0 fully saturated rings. The van der Waals surface area contributed by atoms with Crippen molar-refractivity contribution in [2.24, 2.45) is 0 Å². The lowest BCUT2D eigenvalue weighted by Gasteiger charge is -2.16. The molecule has 3 aromatic rings. The number of aryl methyl sites for hydroxylation is 1. The van der Waals surface area contributed by atoms with Crippen LogP contribution in [-0.2, 0) is 17.8 Å². The predicted octanol–water partition coefficient (Wildman–Crippen LogP) is 3.25. The Labute approximate surface area is 184 Å². The van der Waals surface area contributed by atoms with Gasteiger partial charge in [0.1, 0.15) is 12.4 Å². The minimum Gasteiger partial charge on any atom is -0.396 e. The van der Waals surface area contributed by atoms with Crippen molar-refractivity contribution < 1.29 is 14.7 Å². The molecule has 0 aliphatic heterocycles. The van der Waals surface area contributed by atoms with E-state index in [9.17, 15) is 19.5 Å². The number of nitrogens with one attached hydrogen (secondary N) is 1. The summed E-state index contributed by atoms with van der Waals surface area (Å²) in [7, 11) is 0. The predicted molar refractivity (Wildman–Crippen MR) is 120 cm³/mol. The fourth-order valence-electron chi connectivity index (χ4n) is 3.20. The summed E-state index contributed by atoms with van der Waals surface area (Å²) in [5.41, 5.74) is 2.16. The van der Waals surface area contributed by atoms with Gasteiger partial charge in [-0.15, -0.1) is 0 Å². The van der Waals surface area contributed by atoms with Crippen molar-refractivity contribution in [2.75, 3.05) is 11.9 Å². The highest BCUT2D eigenvalue weighted by molar-refractivity contribution is 6.30. The van der Waals surface area contributed by atoms with Gasteiger partial charge < -0.3 is 10.4 Å². The molecule has 160 valence electrons. The maximum Gasteiger partial charge on any atom is 0.257 e. The monoisotopic (exact) mass is 439 g/mol. The molecule has 0 saturated carbocycles. The van der Waals surface area contributed by atoms with Gasteiger partial charge in [0.25, 0.3) is 5.56 Å². The van der Waals surface area contributed by atoms with Crippen molar-refractivity contribution in [2.45, 2.75) is 26.8 Å². The summed E-state index contributed by atoms with van der Waals surface area (Å²) in [6.07, 6.45) is 0.146. The number of benzene rings is 2. The van der Waals surface area contributed by atoms with Gasteiger partial charge in [-0.05, 0) is 62.4 Å². The summed E-state index contributed by atoms with van der Waals surface area (Å²) in [6, 6.07) is 13.3. The maximum absolute atomic E-state index is 13.1. The Morgan fingerprint density at radius 2 is 1.74 bits per heavy atom. The molecule has 1 heterocycles. The highest BCUT2D eigenvalue weighted by atomic mass is 35.5. The van der Waals surface area contributed by atoms with E-state index < -0.39 is 5.91 Å². The van der Waals surface area contributed by atoms with E-state index in [0.29, 0.717) is 38.9 Å². The van der Waals surface area contributed by atoms with Crippen LogP contribution in [0.5, 0.6) is 0 Å². The molecule has 0 atom stereocenters. The van der Waals surface area contributed by atoms with Crippen molar-refractivity contribution in [1.82, 2.24) is 9.55 Å². The number of rotatable bonds is 7. The largest absolute Gasteiger partial charge is 0.396 e. The third-order valence-corrected chi connectivity index (χ3v) is 5.06. The number of carbonyl (C=O) groups excluding carboxylic acids is 2. The van der Waals surface area contributed by atoms with Crippen LogP contribution in [0.4, 0.5) is 5.69 Å². The first kappa shape index (κ1) is 22.4. The van der Waals surface area contributed by atoms with E-state index in [1.165, 1.54) is 11.5 Å². The number of aliphatic hydroxyl groups excluding tert-OH is 1. The lowest BCUT2D eigenvalue weighted by atomic mass is 10.1. The fourth-order valence-corrected chi connectivity index (χ4v) is 3.32. The van der Waals surface area contributed by atoms with Crippen LogP contribution in [0, 0.1) is 6.92 Å². The van der Waals surface area contributed by atoms with Gasteiger partial charge in [0.15, 0.2) is 5.78 Å². The zero-order chi connectivity index (χ0) is 22.5. The SMILES string of the molecule is CC(=O)c1ccc(NC(=O)Cn2c(-c3ccc(Cl)cc3)nc(C)c(CCO)c2=O)cc1. The van der Waals surface area contributed by atoms with Gasteiger partial charge >= 0.3 is 0 Å². The van der Waals surface area contributed by atoms with Crippen molar-refractivity contribution in [1.29, 1.82) is 0 Å². The molecule has 2 N–H and O–H groups in total. The molecule has 31 heavy (non-hydrogen) atoms. The highest BCUT2D eigenvalue weighted by Crippen LogP contribution is 2.20. The van der Waals surface area contributed by atoms with Crippen molar-refractivity contribution in [3.63, 3.8) is 0 Å². The van der Waals surface area contributed by atoms with Crippen LogP contribution in [-0.4, -0.2) is 33.0 Å². The Hall–Kier alpha value is -3.29. The van der Waals surface area contributed by atoms with Crippen LogP contribution in [0.15, 0.2) is 53.3 Å². The quantitative estimate of drug-likeness (QED) is 0.550. The number of anilines is 1. The number of hydrogen-bond acceptors (Lipinski definition) is 5. The van der Waals surface area contributed by atoms with Gasteiger partial charge in [0, 0.05) is 46.1 Å². The first-order valence-corrected chi connectivity index (χ1v) is 10.1. The third-order valence-electron chi connectivity index (χ3n) is 4.81. The number of ketones is 1. The van der Waals surface area contributed by atoms with Gasteiger partial charge in [-0.2, -0.15) is 0 Å². The van der Waals surface area contributed by atoms with Gasteiger partial charge in [0.05, 0.1) is 0 Å². The molecule has 0 unspecified atom stereocenters. The minimum absolute atomic E-state index is 0.0702. The molecule has 0 aliphatic rings. The van der Waals surface area contributed by atoms with Crippen molar-refractivity contribution in [3.05, 3.63) is 80.7 Å². The number of amides is 1. The van der Waals surface area contributed by atoms with Crippen LogP contribution >= 0.6 is 11.6 Å². The Morgan fingerprint density at radius 3 is 2.32 bits per heavy atom. The molecule has 3 rings (SSSR count). The summed E-state index contributed by atoms with van der Waals surface area (Å²) in [4.78, 5) is 41.8. The third kappa shape index (κ3) is 5.25. The number of hydrogen-bond donors (Lipinski definition) is 2. The Morgan fingerprint density at radius 1 is 1.10 bits per heavy atom. The number of halogens is 1. The molecule has 7 nitrogen and oxygen atoms in total. The molecule has 0 saturated heterocycles. The summed E-state index contributed by atoms with van der Waals surface area (Å²) < 4.78 is 1.29. The fraction of sp³-hybridized carbons (Fsp3) is 0.217. The molecule has 0 radical (unpaired) electrons. The first-order valence-electron chi connectivity index (χ1n) is 9.68. The Balaban J connectivity index is 1.96. The smallest absolute Gasteiger partial charge is 0.257 e. The van der Waals surface area contributed by atoms with Crippen LogP contribution in [0.1, 0.15) is 28.5 Å². The van der Waals surface area contributed by atoms with E-state index in [2.05, 4.69) is 10.3 Å². The Kier molecular flexibility index (Phi) is 6.99. The van der Waals surface area contributed by atoms with Gasteiger partial charge in [-0.1, -0.05) is 11.6 Å². The van der Waals surface area contributed by atoms with E-state index in [4.69, 9.17) is 11.6 Å². The average molecular weight is 440 g/mol. The number of nitrogens with zero attached hydrogens (tertiary/aromatic N) is 2. The second-order valence-electron chi connectivity index (χ2n) is 7.05. The van der Waals surface area contributed by atoms with Crippen molar-refractivity contribution >= 4 is 29.0 Å². The number of carbonyl (C=O) groups is 2. The number of aromatic nitrogens is 2. The van der Waals surface area contributed by atoms with Crippen LogP contribution in [0.25, 0.3) is 11.4 Å². The molecule has 1 aromatic heterocycles. The van der Waals surface area contributed by atoms with Crippen LogP contribution in [0.2, 0.25) is 5.02 Å². The lowest BCUT2D eigenvalue weighted by molar-refractivity contribution is -0.116. The standard InChI is InChI=1S/C23H22ClN3O4/c1-14-20(11-12-28)23(31)27(22(25-14)17-3-7-18(24)8-4-17)13-21(30)26-19-9-5-16(6-10-19)15(2)29/h3-10,28H,11-13H2,1-2H3,(H,26,30). The van der Waals surface area contributed by atoms with Crippen molar-refractivity contribution in [3.8, 4) is 11.4 Å². The average Bonchev–Trinajstić information content (AvgIpc) is 2.74. The lowest BCUT2D eigenvalue weighted by Crippen LogP contribution is -2.33. The molecule has 0 aliphatic carbocycles. The Bertz CT molecular complexity index is 1170. The first-order chi connectivity index (χ1) is 14.8. The van der Waals surface area contributed by atoms with Crippen LogP contribution < -0.4 is 10.9 Å². The summed E-state index contributed by atoms with van der Waals surface area (Å²) >= 11 is 5.97. The van der Waals surface area contributed by atoms with Gasteiger partial charge in [-0.3, -0.25) is 19.0 Å². The topological polar surface area (TPSA) is 101 Å². The summed E-state index contributed by atoms with van der Waals surface area (Å²) in [5.74, 6) is -0.157. The van der Waals surface area contributed by atoms with E-state index >= 15 is 0 Å². The van der Waals surface area contributed by atoms with Gasteiger partial charge in [0.2, 0.25) is 5.91 Å². The molecule has 8 heteroatoms. The molecule has 2 aromatic carbocycles. The molecule has 0 spiro atoms. The second kappa shape index (κ2) is 9.68. The molecular formula is C23H22ClN3O4. The normalized spacial score (nSPS) is 10.7. The summed E-state index contributed by atoms with van der Waals surface area (Å²) in [5, 5.41) is 12.6. The highest BCUT2D eigenvalue weighted by Gasteiger charge is 2.18. The maximum atomic E-state index is 13.1.